The van der Waals surface area contributed by atoms with Crippen LogP contribution in [0.4, 0.5) is 0 Å². The van der Waals surface area contributed by atoms with Gasteiger partial charge in [-0.3, -0.25) is 0 Å². The lowest BCUT2D eigenvalue weighted by Gasteiger charge is -2.09. The van der Waals surface area contributed by atoms with E-state index in [-0.39, 0.29) is 0 Å². The molecule has 0 aromatic rings. The van der Waals surface area contributed by atoms with Crippen molar-refractivity contribution in [3.05, 3.63) is 0 Å². The van der Waals surface area contributed by atoms with Crippen LogP contribution in [-0.2, 0) is 0 Å². The molecule has 0 aliphatic heterocycles. The normalized spacial score (nSPS) is 9.25. The molecular weight excluding hydrogens is 98.1 g/mol. The first kappa shape index (κ1) is 7.52. The predicted octanol–water partition coefficient (Wildman–Crippen LogP) is 0.961. The van der Waals surface area contributed by atoms with E-state index in [2.05, 4.69) is 24.8 Å². The van der Waals surface area contributed by atoms with Crippen LogP contribution in [0.1, 0.15) is 13.3 Å². The SMILES string of the molecule is C#CCCN(C)CC. The molecule has 8 heavy (non-hydrogen) atoms. The summed E-state index contributed by atoms with van der Waals surface area (Å²) < 4.78 is 0. The smallest absolute Gasteiger partial charge is 0.0214 e. The van der Waals surface area contributed by atoms with E-state index in [0.29, 0.717) is 0 Å². The number of nitrogens with zero attached hydrogens (tertiary/aromatic N) is 1. The first-order valence-electron chi connectivity index (χ1n) is 2.93. The highest BCUT2D eigenvalue weighted by Crippen LogP contribution is 1.82. The molecule has 0 amide bonds. The van der Waals surface area contributed by atoms with Gasteiger partial charge < -0.3 is 4.90 Å². The Kier molecular flexibility index (Phi) is 4.39. The first-order chi connectivity index (χ1) is 3.81. The number of hydrogen-bond acceptors (Lipinski definition) is 1. The van der Waals surface area contributed by atoms with E-state index in [4.69, 9.17) is 6.42 Å². The van der Waals surface area contributed by atoms with Crippen molar-refractivity contribution >= 4 is 0 Å². The number of rotatable bonds is 3. The lowest BCUT2D eigenvalue weighted by atomic mass is 10.4. The molecule has 0 fully saturated rings. The third-order valence-corrected chi connectivity index (χ3v) is 1.18. The Bertz CT molecular complexity index is 80.9. The molecule has 0 saturated heterocycles. The Balaban J connectivity index is 3.01. The third-order valence-electron chi connectivity index (χ3n) is 1.18. The molecule has 0 saturated carbocycles. The van der Waals surface area contributed by atoms with E-state index in [1.165, 1.54) is 0 Å². The maximum Gasteiger partial charge on any atom is 0.0214 e. The number of hydrogen-bond donors (Lipinski definition) is 0. The molecule has 1 nitrogen and oxygen atoms in total. The van der Waals surface area contributed by atoms with Gasteiger partial charge in [0.05, 0.1) is 0 Å². The summed E-state index contributed by atoms with van der Waals surface area (Å²) in [5.74, 6) is 2.59. The second-order valence-electron chi connectivity index (χ2n) is 1.85. The topological polar surface area (TPSA) is 3.24 Å². The van der Waals surface area contributed by atoms with E-state index >= 15 is 0 Å². The summed E-state index contributed by atoms with van der Waals surface area (Å²) in [5, 5.41) is 0. The van der Waals surface area contributed by atoms with E-state index in [0.717, 1.165) is 19.5 Å². The highest BCUT2D eigenvalue weighted by atomic mass is 15.1. The van der Waals surface area contributed by atoms with E-state index in [9.17, 15) is 0 Å². The predicted molar refractivity (Wildman–Crippen MR) is 36.6 cm³/mol. The second-order valence-corrected chi connectivity index (χ2v) is 1.85. The summed E-state index contributed by atoms with van der Waals surface area (Å²) in [6.45, 7) is 4.23. The summed E-state index contributed by atoms with van der Waals surface area (Å²) in [5.41, 5.74) is 0. The van der Waals surface area contributed by atoms with Crippen molar-refractivity contribution in [3.63, 3.8) is 0 Å². The van der Waals surface area contributed by atoms with E-state index < -0.39 is 0 Å². The van der Waals surface area contributed by atoms with Crippen LogP contribution in [0, 0.1) is 12.3 Å². The van der Waals surface area contributed by atoms with Crippen LogP contribution >= 0.6 is 0 Å². The monoisotopic (exact) mass is 111 g/mol. The lowest BCUT2D eigenvalue weighted by Crippen LogP contribution is -2.18. The Morgan fingerprint density at radius 2 is 2.25 bits per heavy atom. The summed E-state index contributed by atoms with van der Waals surface area (Å²) >= 11 is 0. The highest BCUT2D eigenvalue weighted by molar-refractivity contribution is 4.84. The van der Waals surface area contributed by atoms with Crippen molar-refractivity contribution in [3.8, 4) is 12.3 Å². The standard InChI is InChI=1S/C7H13N/c1-4-6-7-8(3)5-2/h1H,5-7H2,2-3H3. The maximum absolute atomic E-state index is 5.05. The molecule has 0 radical (unpaired) electrons. The van der Waals surface area contributed by atoms with Crippen molar-refractivity contribution in [1.82, 2.24) is 4.90 Å². The van der Waals surface area contributed by atoms with Gasteiger partial charge in [0.1, 0.15) is 0 Å². The second kappa shape index (κ2) is 4.67. The summed E-state index contributed by atoms with van der Waals surface area (Å²) in [6.07, 6.45) is 5.92. The molecule has 0 atom stereocenters. The number of terminal acetylenes is 1. The molecule has 46 valence electrons. The van der Waals surface area contributed by atoms with Gasteiger partial charge in [0, 0.05) is 13.0 Å². The van der Waals surface area contributed by atoms with Gasteiger partial charge in [0.25, 0.3) is 0 Å². The summed E-state index contributed by atoms with van der Waals surface area (Å²) in [7, 11) is 2.07. The van der Waals surface area contributed by atoms with E-state index in [1.54, 1.807) is 0 Å². The fourth-order valence-electron chi connectivity index (χ4n) is 0.414. The molecule has 0 N–H and O–H groups in total. The summed E-state index contributed by atoms with van der Waals surface area (Å²) in [6, 6.07) is 0. The highest BCUT2D eigenvalue weighted by Gasteiger charge is 1.88. The van der Waals surface area contributed by atoms with Gasteiger partial charge in [0.2, 0.25) is 0 Å². The zero-order valence-electron chi connectivity index (χ0n) is 5.65. The van der Waals surface area contributed by atoms with Crippen LogP contribution in [0.2, 0.25) is 0 Å². The fraction of sp³-hybridized carbons (Fsp3) is 0.714. The van der Waals surface area contributed by atoms with Gasteiger partial charge >= 0.3 is 0 Å². The van der Waals surface area contributed by atoms with Crippen LogP contribution in [0.15, 0.2) is 0 Å². The van der Waals surface area contributed by atoms with Gasteiger partial charge in [0.15, 0.2) is 0 Å². The molecule has 0 unspecified atom stereocenters. The molecule has 0 spiro atoms. The zero-order valence-corrected chi connectivity index (χ0v) is 5.65. The fourth-order valence-corrected chi connectivity index (χ4v) is 0.414. The van der Waals surface area contributed by atoms with Crippen molar-refractivity contribution in [2.45, 2.75) is 13.3 Å². The van der Waals surface area contributed by atoms with Crippen LogP contribution in [-0.4, -0.2) is 25.0 Å². The largest absolute Gasteiger partial charge is 0.306 e. The van der Waals surface area contributed by atoms with Gasteiger partial charge in [-0.15, -0.1) is 12.3 Å². The van der Waals surface area contributed by atoms with Crippen LogP contribution in [0.3, 0.4) is 0 Å². The van der Waals surface area contributed by atoms with Crippen molar-refractivity contribution in [1.29, 1.82) is 0 Å². The van der Waals surface area contributed by atoms with E-state index in [1.807, 2.05) is 0 Å². The van der Waals surface area contributed by atoms with Crippen molar-refractivity contribution in [2.24, 2.45) is 0 Å². The molecule has 0 aromatic carbocycles. The Hall–Kier alpha value is -0.480. The molecule has 1 heteroatoms. The van der Waals surface area contributed by atoms with Crippen LogP contribution in [0.5, 0.6) is 0 Å². The molecule has 0 rings (SSSR count). The Morgan fingerprint density at radius 3 is 2.62 bits per heavy atom. The lowest BCUT2D eigenvalue weighted by molar-refractivity contribution is 0.362. The maximum atomic E-state index is 5.05. The average molecular weight is 111 g/mol. The van der Waals surface area contributed by atoms with Crippen LogP contribution in [0.25, 0.3) is 0 Å². The van der Waals surface area contributed by atoms with Gasteiger partial charge in [-0.05, 0) is 13.6 Å². The average Bonchev–Trinajstić information content (AvgIpc) is 1.83. The van der Waals surface area contributed by atoms with Gasteiger partial charge in [-0.1, -0.05) is 6.92 Å². The Morgan fingerprint density at radius 1 is 1.62 bits per heavy atom. The quantitative estimate of drug-likeness (QED) is 0.490. The third kappa shape index (κ3) is 3.70. The van der Waals surface area contributed by atoms with Crippen molar-refractivity contribution in [2.75, 3.05) is 20.1 Å². The van der Waals surface area contributed by atoms with Gasteiger partial charge in [-0.2, -0.15) is 0 Å². The zero-order chi connectivity index (χ0) is 6.41. The first-order valence-corrected chi connectivity index (χ1v) is 2.93. The molecular formula is C7H13N. The van der Waals surface area contributed by atoms with Crippen LogP contribution < -0.4 is 0 Å². The molecule has 0 heterocycles. The molecule has 0 aromatic heterocycles. The van der Waals surface area contributed by atoms with Crippen molar-refractivity contribution < 1.29 is 0 Å². The Labute approximate surface area is 51.7 Å². The minimum atomic E-state index is 0.865. The molecule has 0 bridgehead atoms. The minimum Gasteiger partial charge on any atom is -0.306 e. The van der Waals surface area contributed by atoms with Gasteiger partial charge in [-0.25, -0.2) is 0 Å². The minimum absolute atomic E-state index is 0.865. The summed E-state index contributed by atoms with van der Waals surface area (Å²) in [4.78, 5) is 2.19. The molecule has 0 aliphatic carbocycles. The molecule has 0 aliphatic rings.